The van der Waals surface area contributed by atoms with Crippen molar-refractivity contribution in [2.75, 3.05) is 5.32 Å². The topological polar surface area (TPSA) is 127 Å². The zero-order valence-electron chi connectivity index (χ0n) is 22.8. The van der Waals surface area contributed by atoms with E-state index in [4.69, 9.17) is 9.47 Å². The van der Waals surface area contributed by atoms with E-state index in [1.165, 1.54) is 6.07 Å². The summed E-state index contributed by atoms with van der Waals surface area (Å²) >= 11 is 0. The van der Waals surface area contributed by atoms with Crippen LogP contribution in [0.3, 0.4) is 0 Å². The summed E-state index contributed by atoms with van der Waals surface area (Å²) in [6, 6.07) is 17.2. The van der Waals surface area contributed by atoms with Crippen LogP contribution >= 0.6 is 0 Å². The number of benzene rings is 2. The number of hydrogen-bond donors (Lipinski definition) is 3. The van der Waals surface area contributed by atoms with Crippen molar-refractivity contribution in [3.63, 3.8) is 0 Å². The van der Waals surface area contributed by atoms with Crippen LogP contribution in [-0.4, -0.2) is 40.0 Å². The highest BCUT2D eigenvalue weighted by Gasteiger charge is 2.24. The Hall–Kier alpha value is -4.40. The van der Waals surface area contributed by atoms with Gasteiger partial charge in [0.1, 0.15) is 11.5 Å². The summed E-state index contributed by atoms with van der Waals surface area (Å²) in [7, 11) is 0. The fourth-order valence-electron chi connectivity index (χ4n) is 4.62. The fraction of sp³-hybridized carbons (Fsp3) is 0.355. The molecule has 0 radical (unpaired) electrons. The molecule has 1 aliphatic carbocycles. The first-order valence-electron chi connectivity index (χ1n) is 13.6. The molecule has 0 atom stereocenters. The molecule has 0 spiro atoms. The zero-order valence-corrected chi connectivity index (χ0v) is 22.8. The molecule has 2 amide bonds. The number of para-hydroxylation sites is 1. The predicted octanol–water partition coefficient (Wildman–Crippen LogP) is 5.61. The van der Waals surface area contributed by atoms with Crippen LogP contribution in [0, 0.1) is 5.92 Å². The molecule has 210 valence electrons. The van der Waals surface area contributed by atoms with Crippen LogP contribution < -0.4 is 20.1 Å². The van der Waals surface area contributed by atoms with Crippen molar-refractivity contribution >= 4 is 23.5 Å². The molecule has 4 rings (SSSR count). The molecule has 1 saturated carbocycles. The third-order valence-corrected chi connectivity index (χ3v) is 6.58. The number of hydrogen-bond acceptors (Lipinski definition) is 6. The molecule has 3 aromatic rings. The van der Waals surface area contributed by atoms with E-state index in [-0.39, 0.29) is 41.6 Å². The van der Waals surface area contributed by atoms with E-state index in [0.29, 0.717) is 29.5 Å². The molecule has 0 unspecified atom stereocenters. The second-order valence-electron chi connectivity index (χ2n) is 10.4. The second-order valence-corrected chi connectivity index (χ2v) is 10.4. The third kappa shape index (κ3) is 8.56. The molecule has 3 N–H and O–H groups in total. The first kappa shape index (κ1) is 28.6. The normalized spacial score (nSPS) is 16.7. The first-order valence-corrected chi connectivity index (χ1v) is 13.6. The van der Waals surface area contributed by atoms with E-state index in [9.17, 15) is 19.5 Å². The van der Waals surface area contributed by atoms with Crippen LogP contribution in [0.5, 0.6) is 17.4 Å². The number of anilines is 1. The number of carboxylic acids is 1. The first-order chi connectivity index (χ1) is 19.2. The Bertz CT molecular complexity index is 1300. The molecule has 0 aliphatic heterocycles. The number of rotatable bonds is 11. The summed E-state index contributed by atoms with van der Waals surface area (Å²) in [4.78, 5) is 40.0. The smallest absolute Gasteiger partial charge is 0.337 e. The maximum atomic E-state index is 12.4. The molecule has 2 aromatic carbocycles. The molecule has 40 heavy (non-hydrogen) atoms. The minimum Gasteiger partial charge on any atom is -0.490 e. The van der Waals surface area contributed by atoms with Crippen LogP contribution in [0.4, 0.5) is 5.69 Å². The summed E-state index contributed by atoms with van der Waals surface area (Å²) in [5.74, 6) is 0.785. The van der Waals surface area contributed by atoms with Crippen molar-refractivity contribution in [2.45, 2.75) is 64.5 Å². The Morgan fingerprint density at radius 3 is 2.27 bits per heavy atom. The van der Waals surface area contributed by atoms with E-state index >= 15 is 0 Å². The highest BCUT2D eigenvalue weighted by Crippen LogP contribution is 2.27. The van der Waals surface area contributed by atoms with Crippen LogP contribution in [0.15, 0.2) is 66.9 Å². The van der Waals surface area contributed by atoms with Gasteiger partial charge in [-0.2, -0.15) is 0 Å². The molecule has 9 nitrogen and oxygen atoms in total. The van der Waals surface area contributed by atoms with E-state index in [1.807, 2.05) is 38.1 Å². The van der Waals surface area contributed by atoms with E-state index < -0.39 is 5.97 Å². The summed E-state index contributed by atoms with van der Waals surface area (Å²) in [6.07, 6.45) is 5.89. The third-order valence-electron chi connectivity index (χ3n) is 6.58. The standard InChI is InChI=1S/C31H35N3O6/c1-20(2)17-28(35)33-22-8-10-23(11-9-22)39-24-12-14-25(15-13-24)40-30-16-7-21(19-32-30)18-29(36)34-27-6-4-3-5-26(27)31(37)38/h3-7,12-16,19-20,22-23H,8-11,17-18H2,1-2H3,(H,33,35)(H,34,36)(H,37,38). The molecule has 1 aliphatic rings. The van der Waals surface area contributed by atoms with Crippen molar-refractivity contribution in [3.8, 4) is 17.4 Å². The van der Waals surface area contributed by atoms with E-state index in [1.54, 1.807) is 36.5 Å². The molecule has 0 bridgehead atoms. The van der Waals surface area contributed by atoms with E-state index in [2.05, 4.69) is 15.6 Å². The number of amides is 2. The van der Waals surface area contributed by atoms with Gasteiger partial charge in [-0.3, -0.25) is 9.59 Å². The van der Waals surface area contributed by atoms with Gasteiger partial charge < -0.3 is 25.2 Å². The highest BCUT2D eigenvalue weighted by molar-refractivity contribution is 6.00. The number of carbonyl (C=O) groups excluding carboxylic acids is 2. The number of carbonyl (C=O) groups is 3. The summed E-state index contributed by atoms with van der Waals surface area (Å²) < 4.78 is 12.0. The van der Waals surface area contributed by atoms with Gasteiger partial charge in [0.05, 0.1) is 23.8 Å². The lowest BCUT2D eigenvalue weighted by molar-refractivity contribution is -0.122. The van der Waals surface area contributed by atoms with Gasteiger partial charge in [0.2, 0.25) is 17.7 Å². The Morgan fingerprint density at radius 1 is 0.925 bits per heavy atom. The minimum atomic E-state index is -1.11. The van der Waals surface area contributed by atoms with Crippen molar-refractivity contribution in [1.29, 1.82) is 0 Å². The quantitative estimate of drug-likeness (QED) is 0.286. The van der Waals surface area contributed by atoms with Crippen molar-refractivity contribution in [2.24, 2.45) is 5.92 Å². The van der Waals surface area contributed by atoms with Gasteiger partial charge >= 0.3 is 5.97 Å². The van der Waals surface area contributed by atoms with Gasteiger partial charge in [0, 0.05) is 24.7 Å². The van der Waals surface area contributed by atoms with Crippen molar-refractivity contribution < 1.29 is 29.0 Å². The molecule has 9 heteroatoms. The summed E-state index contributed by atoms with van der Waals surface area (Å²) in [5, 5.41) is 15.0. The Morgan fingerprint density at radius 2 is 1.62 bits per heavy atom. The minimum absolute atomic E-state index is 0.0315. The molecule has 1 aromatic heterocycles. The SMILES string of the molecule is CC(C)CC(=O)NC1CCC(Oc2ccc(Oc3ccc(CC(=O)Nc4ccccc4C(=O)O)cn3)cc2)CC1. The van der Waals surface area contributed by atoms with Gasteiger partial charge in [-0.15, -0.1) is 0 Å². The van der Waals surface area contributed by atoms with Crippen LogP contribution in [0.1, 0.15) is 61.9 Å². The number of nitrogens with one attached hydrogen (secondary N) is 2. The zero-order chi connectivity index (χ0) is 28.5. The lowest BCUT2D eigenvalue weighted by Gasteiger charge is -2.29. The fourth-order valence-corrected chi connectivity index (χ4v) is 4.62. The number of pyridine rings is 1. The predicted molar refractivity (Wildman–Crippen MR) is 151 cm³/mol. The number of aromatic carboxylic acids is 1. The monoisotopic (exact) mass is 545 g/mol. The van der Waals surface area contributed by atoms with Gasteiger partial charge in [-0.05, 0) is 73.6 Å². The largest absolute Gasteiger partial charge is 0.490 e. The van der Waals surface area contributed by atoms with Crippen LogP contribution in [0.2, 0.25) is 0 Å². The summed E-state index contributed by atoms with van der Waals surface area (Å²) in [6.45, 7) is 4.09. The molecular formula is C31H35N3O6. The number of nitrogens with zero attached hydrogens (tertiary/aromatic N) is 1. The van der Waals surface area contributed by atoms with Gasteiger partial charge in [-0.25, -0.2) is 9.78 Å². The Balaban J connectivity index is 1.22. The summed E-state index contributed by atoms with van der Waals surface area (Å²) in [5.41, 5.74) is 0.943. The maximum Gasteiger partial charge on any atom is 0.337 e. The number of aromatic nitrogens is 1. The van der Waals surface area contributed by atoms with E-state index in [0.717, 1.165) is 31.4 Å². The van der Waals surface area contributed by atoms with Gasteiger partial charge in [0.25, 0.3) is 0 Å². The lowest BCUT2D eigenvalue weighted by atomic mass is 9.92. The highest BCUT2D eigenvalue weighted by atomic mass is 16.5. The van der Waals surface area contributed by atoms with Crippen molar-refractivity contribution in [3.05, 3.63) is 78.0 Å². The Kier molecular flexibility index (Phi) is 9.72. The maximum absolute atomic E-state index is 12.4. The van der Waals surface area contributed by atoms with Crippen LogP contribution in [-0.2, 0) is 16.0 Å². The van der Waals surface area contributed by atoms with Gasteiger partial charge in [-0.1, -0.05) is 32.0 Å². The second kappa shape index (κ2) is 13.6. The van der Waals surface area contributed by atoms with Crippen LogP contribution in [0.25, 0.3) is 0 Å². The molecule has 0 saturated heterocycles. The molecule has 1 heterocycles. The lowest BCUT2D eigenvalue weighted by Crippen LogP contribution is -2.40. The van der Waals surface area contributed by atoms with Gasteiger partial charge in [0.15, 0.2) is 0 Å². The van der Waals surface area contributed by atoms with Crippen molar-refractivity contribution in [1.82, 2.24) is 10.3 Å². The number of carboxylic acid groups (broad SMARTS) is 1. The molecular weight excluding hydrogens is 510 g/mol. The average molecular weight is 546 g/mol. The Labute approximate surface area is 233 Å². The number of ether oxygens (including phenoxy) is 2. The average Bonchev–Trinajstić information content (AvgIpc) is 2.92. The molecule has 1 fully saturated rings.